The maximum atomic E-state index is 14.8. The number of alkyl halides is 7. The van der Waals surface area contributed by atoms with E-state index in [4.69, 9.17) is 0 Å². The predicted octanol–water partition coefficient (Wildman–Crippen LogP) is 6.20. The molecule has 0 bridgehead atoms. The fraction of sp³-hybridized carbons (Fsp3) is 0.259. The number of hydrogen-bond acceptors (Lipinski definition) is 4. The molecule has 0 fully saturated rings. The van der Waals surface area contributed by atoms with E-state index in [0.29, 0.717) is 11.6 Å². The third kappa shape index (κ3) is 8.08. The highest BCUT2D eigenvalue weighted by Gasteiger charge is 2.45. The second kappa shape index (κ2) is 12.4. The molecule has 41 heavy (non-hydrogen) atoms. The maximum Gasteiger partial charge on any atom is 0.461 e. The van der Waals surface area contributed by atoms with E-state index in [9.17, 15) is 44.7 Å². The van der Waals surface area contributed by atoms with Crippen LogP contribution in [0.1, 0.15) is 27.0 Å². The van der Waals surface area contributed by atoms with Gasteiger partial charge in [0.1, 0.15) is 18.1 Å². The van der Waals surface area contributed by atoms with Crippen LogP contribution in [0.2, 0.25) is 0 Å². The number of halogens is 8. The van der Waals surface area contributed by atoms with Crippen molar-refractivity contribution in [2.45, 2.75) is 30.7 Å². The zero-order valence-electron chi connectivity index (χ0n) is 21.1. The number of rotatable bonds is 10. The summed E-state index contributed by atoms with van der Waals surface area (Å²) in [6.45, 7) is -1.75. The summed E-state index contributed by atoms with van der Waals surface area (Å²) in [7, 11) is 1.12. The molecule has 1 atom stereocenters. The summed E-state index contributed by atoms with van der Waals surface area (Å²) in [5, 5.41) is 3.99. The van der Waals surface area contributed by atoms with Crippen molar-refractivity contribution in [1.29, 1.82) is 0 Å². The van der Waals surface area contributed by atoms with Crippen molar-refractivity contribution < 1.29 is 54.2 Å². The molecule has 0 heterocycles. The Labute approximate surface area is 228 Å². The first-order valence-electron chi connectivity index (χ1n) is 11.7. The van der Waals surface area contributed by atoms with Gasteiger partial charge in [0, 0.05) is 12.5 Å². The summed E-state index contributed by atoms with van der Waals surface area (Å²) < 4.78 is 115. The molecule has 0 radical (unpaired) electrons. The van der Waals surface area contributed by atoms with Crippen LogP contribution in [0.15, 0.2) is 72.8 Å². The summed E-state index contributed by atoms with van der Waals surface area (Å²) in [5.41, 5.74) is -1.86. The average molecular weight is 590 g/mol. The molecule has 220 valence electrons. The fourth-order valence-electron chi connectivity index (χ4n) is 3.96. The first-order chi connectivity index (χ1) is 19.1. The molecule has 1 unspecified atom stereocenters. The maximum absolute atomic E-state index is 14.8. The van der Waals surface area contributed by atoms with Gasteiger partial charge in [0.05, 0.1) is 18.2 Å². The van der Waals surface area contributed by atoms with Crippen molar-refractivity contribution in [3.8, 4) is 5.75 Å². The van der Waals surface area contributed by atoms with Crippen molar-refractivity contribution in [2.24, 2.45) is 0 Å². The lowest BCUT2D eigenvalue weighted by molar-refractivity contribution is -0.253. The average Bonchev–Trinajstić information content (AvgIpc) is 2.90. The third-order valence-electron chi connectivity index (χ3n) is 5.76. The zero-order valence-corrected chi connectivity index (χ0v) is 21.1. The molecule has 3 aromatic carbocycles. The summed E-state index contributed by atoms with van der Waals surface area (Å²) in [6, 6.07) is 13.5. The van der Waals surface area contributed by atoms with Gasteiger partial charge in [0.2, 0.25) is 0 Å². The first-order valence-corrected chi connectivity index (χ1v) is 11.7. The quantitative estimate of drug-likeness (QED) is 0.218. The molecule has 0 aromatic heterocycles. The largest absolute Gasteiger partial charge is 0.465 e. The van der Waals surface area contributed by atoms with Crippen LogP contribution in [0.5, 0.6) is 5.75 Å². The van der Waals surface area contributed by atoms with Crippen LogP contribution in [-0.2, 0) is 16.7 Å². The van der Waals surface area contributed by atoms with Crippen molar-refractivity contribution in [3.63, 3.8) is 0 Å². The molecular weight excluding hydrogens is 568 g/mol. The van der Waals surface area contributed by atoms with Crippen molar-refractivity contribution in [1.82, 2.24) is 10.6 Å². The molecule has 3 rings (SSSR count). The van der Waals surface area contributed by atoms with Crippen LogP contribution in [-0.4, -0.2) is 44.4 Å². The second-order valence-corrected chi connectivity index (χ2v) is 8.70. The number of amides is 2. The van der Waals surface area contributed by atoms with Gasteiger partial charge in [-0.2, -0.15) is 30.7 Å². The SMILES string of the molecule is COC(=O)c1ccc(C(Cc2ccccc2)(NC(=O)NCC(F)(F)F)c2cc(F)cc(OC(F)(F)C(F)F)c2)cc1. The minimum atomic E-state index is -5.02. The monoisotopic (exact) mass is 590 g/mol. The Hall–Kier alpha value is -4.36. The Bertz CT molecular complexity index is 1350. The van der Waals surface area contributed by atoms with Crippen LogP contribution in [0.3, 0.4) is 0 Å². The van der Waals surface area contributed by atoms with E-state index in [2.05, 4.69) is 14.8 Å². The van der Waals surface area contributed by atoms with Gasteiger partial charge >= 0.3 is 30.7 Å². The highest BCUT2D eigenvalue weighted by atomic mass is 19.4. The van der Waals surface area contributed by atoms with Gasteiger partial charge in [-0.1, -0.05) is 42.5 Å². The number of benzene rings is 3. The van der Waals surface area contributed by atoms with Crippen molar-refractivity contribution in [3.05, 3.63) is 101 Å². The molecular formula is C27H22F8N2O4. The van der Waals surface area contributed by atoms with Gasteiger partial charge in [-0.05, 0) is 41.0 Å². The Morgan fingerprint density at radius 3 is 2.07 bits per heavy atom. The van der Waals surface area contributed by atoms with E-state index in [1.165, 1.54) is 24.3 Å². The molecule has 6 nitrogen and oxygen atoms in total. The van der Waals surface area contributed by atoms with Gasteiger partial charge in [0.25, 0.3) is 0 Å². The Balaban J connectivity index is 2.25. The van der Waals surface area contributed by atoms with Crippen molar-refractivity contribution >= 4 is 12.0 Å². The molecule has 0 saturated heterocycles. The molecule has 3 aromatic rings. The number of esters is 1. The third-order valence-corrected chi connectivity index (χ3v) is 5.76. The van der Waals surface area contributed by atoms with Gasteiger partial charge < -0.3 is 20.1 Å². The molecule has 0 spiro atoms. The number of carbonyl (C=O) groups excluding carboxylic acids is 2. The number of urea groups is 1. The molecule has 2 amide bonds. The topological polar surface area (TPSA) is 76.7 Å². The van der Waals surface area contributed by atoms with E-state index in [1.807, 2.05) is 0 Å². The van der Waals surface area contributed by atoms with Gasteiger partial charge in [0.15, 0.2) is 0 Å². The van der Waals surface area contributed by atoms with Crippen LogP contribution in [0.4, 0.5) is 39.9 Å². The lowest BCUT2D eigenvalue weighted by atomic mass is 9.77. The highest BCUT2D eigenvalue weighted by Crippen LogP contribution is 2.38. The van der Waals surface area contributed by atoms with Crippen LogP contribution in [0.25, 0.3) is 0 Å². The minimum absolute atomic E-state index is 0.0335. The minimum Gasteiger partial charge on any atom is -0.465 e. The molecule has 0 saturated carbocycles. The van der Waals surface area contributed by atoms with Gasteiger partial charge in [-0.15, -0.1) is 0 Å². The van der Waals surface area contributed by atoms with E-state index in [1.54, 1.807) is 35.6 Å². The van der Waals surface area contributed by atoms with Crippen LogP contribution >= 0.6 is 0 Å². The van der Waals surface area contributed by atoms with Gasteiger partial charge in [-0.3, -0.25) is 0 Å². The second-order valence-electron chi connectivity index (χ2n) is 8.70. The standard InChI is InChI=1S/C27H22F8N2O4/c1-40-22(38)17-7-9-18(10-8-17)25(14-16-5-3-2-4-6-16,37-24(39)36-15-26(31,32)33)19-11-20(28)13-21(12-19)41-27(34,35)23(29)30/h2-13,23H,14-15H2,1H3,(H2,36,37,39). The van der Waals surface area contributed by atoms with E-state index in [0.717, 1.165) is 19.2 Å². The lowest BCUT2D eigenvalue weighted by Gasteiger charge is -2.37. The predicted molar refractivity (Wildman–Crippen MR) is 129 cm³/mol. The van der Waals surface area contributed by atoms with Crippen LogP contribution < -0.4 is 15.4 Å². The summed E-state index contributed by atoms with van der Waals surface area (Å²) in [4.78, 5) is 24.8. The normalized spacial score (nSPS) is 13.3. The zero-order chi connectivity index (χ0) is 30.4. The summed E-state index contributed by atoms with van der Waals surface area (Å²) in [5.74, 6) is -3.05. The number of ether oxygens (including phenoxy) is 2. The molecule has 0 aliphatic carbocycles. The van der Waals surface area contributed by atoms with E-state index >= 15 is 0 Å². The summed E-state index contributed by atoms with van der Waals surface area (Å²) >= 11 is 0. The molecule has 0 aliphatic heterocycles. The Kier molecular flexibility index (Phi) is 9.46. The lowest BCUT2D eigenvalue weighted by Crippen LogP contribution is -2.53. The number of carbonyl (C=O) groups is 2. The van der Waals surface area contributed by atoms with E-state index < -0.39 is 54.4 Å². The Morgan fingerprint density at radius 2 is 1.51 bits per heavy atom. The smallest absolute Gasteiger partial charge is 0.461 e. The fourth-order valence-corrected chi connectivity index (χ4v) is 3.96. The molecule has 14 heteroatoms. The first kappa shape index (κ1) is 31.2. The van der Waals surface area contributed by atoms with Gasteiger partial charge in [-0.25, -0.2) is 14.0 Å². The Morgan fingerprint density at radius 1 is 0.878 bits per heavy atom. The van der Waals surface area contributed by atoms with E-state index in [-0.39, 0.29) is 23.1 Å². The highest BCUT2D eigenvalue weighted by molar-refractivity contribution is 5.89. The number of methoxy groups -OCH3 is 1. The van der Waals surface area contributed by atoms with Crippen LogP contribution in [0, 0.1) is 5.82 Å². The molecule has 2 N–H and O–H groups in total. The number of nitrogens with one attached hydrogen (secondary N) is 2. The number of hydrogen-bond donors (Lipinski definition) is 2. The summed E-state index contributed by atoms with van der Waals surface area (Å²) in [6.07, 6.45) is -14.4. The van der Waals surface area contributed by atoms with Crippen molar-refractivity contribution in [2.75, 3.05) is 13.7 Å². The molecule has 0 aliphatic rings.